The normalized spacial score (nSPS) is 42.3. The monoisotopic (exact) mass is 130 g/mol. The van der Waals surface area contributed by atoms with Crippen LogP contribution in [0.3, 0.4) is 0 Å². The minimum Gasteiger partial charge on any atom is -0.376 e. The Labute approximate surface area is 53.9 Å². The van der Waals surface area contributed by atoms with E-state index in [0.29, 0.717) is 12.2 Å². The summed E-state index contributed by atoms with van der Waals surface area (Å²) in [5.74, 6) is 0. The molecule has 3 atom stereocenters. The smallest absolute Gasteiger partial charge is 0.114 e. The average Bonchev–Trinajstić information content (AvgIpc) is 2.61. The minimum atomic E-state index is 0.199. The number of methoxy groups -OCH3 is 1. The highest BCUT2D eigenvalue weighted by atomic mass is 16.6. The molecule has 52 valence electrons. The molecule has 2 heterocycles. The van der Waals surface area contributed by atoms with Gasteiger partial charge in [0, 0.05) is 7.11 Å². The molecular formula is C6H10O3. The molecule has 0 aromatic carbocycles. The summed E-state index contributed by atoms with van der Waals surface area (Å²) in [7, 11) is 1.70. The van der Waals surface area contributed by atoms with Gasteiger partial charge in [0.05, 0.1) is 13.2 Å². The van der Waals surface area contributed by atoms with Crippen LogP contribution >= 0.6 is 0 Å². The lowest BCUT2D eigenvalue weighted by Crippen LogP contribution is -2.24. The third-order valence-electron chi connectivity index (χ3n) is 1.72. The molecule has 2 rings (SSSR count). The van der Waals surface area contributed by atoms with E-state index in [1.165, 1.54) is 0 Å². The van der Waals surface area contributed by atoms with Crippen molar-refractivity contribution in [3.8, 4) is 0 Å². The average molecular weight is 130 g/mol. The molecule has 1 unspecified atom stereocenters. The first kappa shape index (κ1) is 5.65. The summed E-state index contributed by atoms with van der Waals surface area (Å²) in [6.45, 7) is 1.69. The lowest BCUT2D eigenvalue weighted by molar-refractivity contribution is 0.0529. The van der Waals surface area contributed by atoms with E-state index < -0.39 is 0 Å². The van der Waals surface area contributed by atoms with Gasteiger partial charge in [-0.15, -0.1) is 0 Å². The molecule has 3 nitrogen and oxygen atoms in total. The van der Waals surface area contributed by atoms with E-state index >= 15 is 0 Å². The fourth-order valence-corrected chi connectivity index (χ4v) is 1.03. The van der Waals surface area contributed by atoms with Crippen LogP contribution in [0.4, 0.5) is 0 Å². The van der Waals surface area contributed by atoms with Crippen LogP contribution < -0.4 is 0 Å². The van der Waals surface area contributed by atoms with Gasteiger partial charge < -0.3 is 14.2 Å². The summed E-state index contributed by atoms with van der Waals surface area (Å²) in [5.41, 5.74) is 0. The van der Waals surface area contributed by atoms with Crippen LogP contribution in [-0.2, 0) is 14.2 Å². The largest absolute Gasteiger partial charge is 0.376 e. The molecule has 0 aliphatic carbocycles. The van der Waals surface area contributed by atoms with Crippen molar-refractivity contribution in [1.29, 1.82) is 0 Å². The molecule has 0 saturated carbocycles. The van der Waals surface area contributed by atoms with Crippen LogP contribution in [0.1, 0.15) is 0 Å². The highest BCUT2D eigenvalue weighted by Crippen LogP contribution is 2.26. The molecule has 0 N–H and O–H groups in total. The van der Waals surface area contributed by atoms with Crippen LogP contribution in [0.2, 0.25) is 0 Å². The molecule has 2 aliphatic rings. The summed E-state index contributed by atoms with van der Waals surface area (Å²) < 4.78 is 15.3. The van der Waals surface area contributed by atoms with Crippen LogP contribution in [-0.4, -0.2) is 38.6 Å². The SMILES string of the molecule is COC([C@@H]1CO1)[C@H]1CO1. The molecule has 9 heavy (non-hydrogen) atoms. The molecular weight excluding hydrogens is 120 g/mol. The first-order chi connectivity index (χ1) is 4.42. The van der Waals surface area contributed by atoms with Crippen molar-refractivity contribution in [3.05, 3.63) is 0 Å². The highest BCUT2D eigenvalue weighted by molar-refractivity contribution is 4.91. The van der Waals surface area contributed by atoms with Crippen molar-refractivity contribution in [2.24, 2.45) is 0 Å². The molecule has 0 amide bonds. The van der Waals surface area contributed by atoms with Gasteiger partial charge in [0.1, 0.15) is 18.3 Å². The Morgan fingerprint density at radius 3 is 2.00 bits per heavy atom. The van der Waals surface area contributed by atoms with Crippen molar-refractivity contribution in [1.82, 2.24) is 0 Å². The molecule has 0 aromatic heterocycles. The second-order valence-corrected chi connectivity index (χ2v) is 2.44. The van der Waals surface area contributed by atoms with E-state index in [9.17, 15) is 0 Å². The van der Waals surface area contributed by atoms with Gasteiger partial charge in [0.2, 0.25) is 0 Å². The second-order valence-electron chi connectivity index (χ2n) is 2.44. The standard InChI is InChI=1S/C6H10O3/c1-7-6(4-2-8-4)5-3-9-5/h4-6H,2-3H2,1H3/t4-,5+,6?. The zero-order valence-corrected chi connectivity index (χ0v) is 5.37. The van der Waals surface area contributed by atoms with E-state index in [1.807, 2.05) is 0 Å². The number of hydrogen-bond acceptors (Lipinski definition) is 3. The number of ether oxygens (including phenoxy) is 3. The van der Waals surface area contributed by atoms with Crippen LogP contribution in [0.15, 0.2) is 0 Å². The summed E-state index contributed by atoms with van der Waals surface area (Å²) in [5, 5.41) is 0. The Morgan fingerprint density at radius 2 is 1.78 bits per heavy atom. The van der Waals surface area contributed by atoms with Gasteiger partial charge in [-0.3, -0.25) is 0 Å². The molecule has 0 bridgehead atoms. The molecule has 2 fully saturated rings. The van der Waals surface area contributed by atoms with Crippen LogP contribution in [0.25, 0.3) is 0 Å². The zero-order valence-electron chi connectivity index (χ0n) is 5.37. The predicted molar refractivity (Wildman–Crippen MR) is 30.3 cm³/mol. The van der Waals surface area contributed by atoms with E-state index in [0.717, 1.165) is 13.2 Å². The maximum absolute atomic E-state index is 5.15. The van der Waals surface area contributed by atoms with Gasteiger partial charge in [-0.25, -0.2) is 0 Å². The Kier molecular flexibility index (Phi) is 1.22. The molecule has 2 saturated heterocycles. The molecule has 2 aliphatic heterocycles. The zero-order chi connectivity index (χ0) is 6.27. The van der Waals surface area contributed by atoms with Gasteiger partial charge in [-0.2, -0.15) is 0 Å². The van der Waals surface area contributed by atoms with Gasteiger partial charge in [0.25, 0.3) is 0 Å². The van der Waals surface area contributed by atoms with Crippen molar-refractivity contribution in [2.45, 2.75) is 18.3 Å². The fourth-order valence-electron chi connectivity index (χ4n) is 1.03. The molecule has 0 spiro atoms. The van der Waals surface area contributed by atoms with Gasteiger partial charge >= 0.3 is 0 Å². The highest BCUT2D eigenvalue weighted by Gasteiger charge is 2.44. The Hall–Kier alpha value is -0.120. The Morgan fingerprint density at radius 1 is 1.33 bits per heavy atom. The number of hydrogen-bond donors (Lipinski definition) is 0. The lowest BCUT2D eigenvalue weighted by Gasteiger charge is -2.06. The van der Waals surface area contributed by atoms with Gasteiger partial charge in [-0.05, 0) is 0 Å². The first-order valence-corrected chi connectivity index (χ1v) is 3.18. The van der Waals surface area contributed by atoms with E-state index in [4.69, 9.17) is 14.2 Å². The first-order valence-electron chi connectivity index (χ1n) is 3.18. The van der Waals surface area contributed by atoms with E-state index in [-0.39, 0.29) is 6.10 Å². The fraction of sp³-hybridized carbons (Fsp3) is 1.00. The summed E-state index contributed by atoms with van der Waals surface area (Å²) in [6.07, 6.45) is 0.843. The maximum Gasteiger partial charge on any atom is 0.114 e. The van der Waals surface area contributed by atoms with Gasteiger partial charge in [0.15, 0.2) is 0 Å². The van der Waals surface area contributed by atoms with Gasteiger partial charge in [-0.1, -0.05) is 0 Å². The third-order valence-corrected chi connectivity index (χ3v) is 1.72. The summed E-state index contributed by atoms with van der Waals surface area (Å²) in [6, 6.07) is 0. The Balaban J connectivity index is 1.85. The van der Waals surface area contributed by atoms with Crippen molar-refractivity contribution >= 4 is 0 Å². The maximum atomic E-state index is 5.15. The third kappa shape index (κ3) is 1.08. The minimum absolute atomic E-state index is 0.199. The molecule has 0 aromatic rings. The number of epoxide rings is 2. The van der Waals surface area contributed by atoms with Crippen LogP contribution in [0, 0.1) is 0 Å². The topological polar surface area (TPSA) is 34.3 Å². The Bertz CT molecular complexity index is 94.9. The van der Waals surface area contributed by atoms with Crippen molar-refractivity contribution in [3.63, 3.8) is 0 Å². The van der Waals surface area contributed by atoms with Crippen LogP contribution in [0.5, 0.6) is 0 Å². The molecule has 3 heteroatoms. The quantitative estimate of drug-likeness (QED) is 0.496. The van der Waals surface area contributed by atoms with E-state index in [1.54, 1.807) is 7.11 Å². The second kappa shape index (κ2) is 1.94. The van der Waals surface area contributed by atoms with E-state index in [2.05, 4.69) is 0 Å². The summed E-state index contributed by atoms with van der Waals surface area (Å²) >= 11 is 0. The molecule has 0 radical (unpaired) electrons. The van der Waals surface area contributed by atoms with Crippen molar-refractivity contribution in [2.75, 3.05) is 20.3 Å². The number of rotatable bonds is 3. The summed E-state index contributed by atoms with van der Waals surface area (Å²) in [4.78, 5) is 0. The lowest BCUT2D eigenvalue weighted by atomic mass is 10.2. The van der Waals surface area contributed by atoms with Crippen molar-refractivity contribution < 1.29 is 14.2 Å². The predicted octanol–water partition coefficient (Wildman–Crippen LogP) is -0.201.